The summed E-state index contributed by atoms with van der Waals surface area (Å²) in [6.07, 6.45) is 2.68. The highest BCUT2D eigenvalue weighted by molar-refractivity contribution is 5.97. The fourth-order valence-electron chi connectivity index (χ4n) is 4.10. The van der Waals surface area contributed by atoms with E-state index in [9.17, 15) is 4.79 Å². The molecule has 2 aliphatic heterocycles. The number of ether oxygens (including phenoxy) is 1. The van der Waals surface area contributed by atoms with Gasteiger partial charge in [-0.15, -0.1) is 0 Å². The lowest BCUT2D eigenvalue weighted by molar-refractivity contribution is 0.0945. The van der Waals surface area contributed by atoms with E-state index in [1.54, 1.807) is 0 Å². The normalized spacial score (nSPS) is 21.7. The molecule has 2 aromatic rings. The van der Waals surface area contributed by atoms with E-state index in [0.29, 0.717) is 18.0 Å². The van der Waals surface area contributed by atoms with Gasteiger partial charge in [-0.25, -0.2) is 0 Å². The van der Waals surface area contributed by atoms with E-state index in [2.05, 4.69) is 48.3 Å². The van der Waals surface area contributed by atoms with Crippen molar-refractivity contribution in [2.45, 2.75) is 51.8 Å². The first-order valence-corrected chi connectivity index (χ1v) is 10.0. The van der Waals surface area contributed by atoms with Crippen molar-refractivity contribution in [3.8, 4) is 5.75 Å². The van der Waals surface area contributed by atoms with E-state index in [1.165, 1.54) is 37.1 Å². The summed E-state index contributed by atoms with van der Waals surface area (Å²) in [6.45, 7) is 8.05. The summed E-state index contributed by atoms with van der Waals surface area (Å²) in [5.41, 5.74) is 4.26. The molecule has 4 heteroatoms. The smallest absolute Gasteiger partial charge is 0.255 e. The van der Waals surface area contributed by atoms with Gasteiger partial charge in [0.25, 0.3) is 5.91 Å². The summed E-state index contributed by atoms with van der Waals surface area (Å²) in [4.78, 5) is 15.3. The Labute approximate surface area is 161 Å². The number of carbonyl (C=O) groups is 1. The Morgan fingerprint density at radius 1 is 1.07 bits per heavy atom. The fourth-order valence-corrected chi connectivity index (χ4v) is 4.10. The monoisotopic (exact) mass is 364 g/mol. The molecule has 1 N–H and O–H groups in total. The molecule has 2 aliphatic rings. The molecule has 1 amide bonds. The van der Waals surface area contributed by atoms with Gasteiger partial charge in [-0.05, 0) is 50.0 Å². The highest BCUT2D eigenvalue weighted by Crippen LogP contribution is 2.40. The molecule has 4 rings (SSSR count). The first-order chi connectivity index (χ1) is 13.1. The van der Waals surface area contributed by atoms with Crippen LogP contribution in [-0.2, 0) is 13.1 Å². The van der Waals surface area contributed by atoms with Gasteiger partial charge in [-0.3, -0.25) is 9.69 Å². The zero-order chi connectivity index (χ0) is 18.8. The second-order valence-electron chi connectivity index (χ2n) is 7.77. The summed E-state index contributed by atoms with van der Waals surface area (Å²) in [5.74, 6) is 0.999. The van der Waals surface area contributed by atoms with Crippen molar-refractivity contribution in [2.75, 3.05) is 13.1 Å². The lowest BCUT2D eigenvalue weighted by atomic mass is 9.97. The van der Waals surface area contributed by atoms with Gasteiger partial charge in [0.2, 0.25) is 0 Å². The second kappa shape index (κ2) is 7.73. The van der Waals surface area contributed by atoms with E-state index in [-0.39, 0.29) is 12.0 Å². The molecule has 2 atom stereocenters. The highest BCUT2D eigenvalue weighted by Gasteiger charge is 2.31. The predicted octanol–water partition coefficient (Wildman–Crippen LogP) is 4.10. The van der Waals surface area contributed by atoms with Crippen LogP contribution in [0.15, 0.2) is 42.5 Å². The Morgan fingerprint density at radius 3 is 2.59 bits per heavy atom. The molecule has 4 nitrogen and oxygen atoms in total. The van der Waals surface area contributed by atoms with Gasteiger partial charge in [-0.2, -0.15) is 0 Å². The number of hydrogen-bond donors (Lipinski definition) is 1. The number of fused-ring (bicyclic) bond motifs is 1. The molecule has 0 aromatic heterocycles. The Morgan fingerprint density at radius 2 is 1.81 bits per heavy atom. The molecule has 2 unspecified atom stereocenters. The molecule has 0 aliphatic carbocycles. The number of hydrogen-bond acceptors (Lipinski definition) is 3. The first-order valence-electron chi connectivity index (χ1n) is 10.0. The maximum atomic E-state index is 12.8. The average molecular weight is 364 g/mol. The van der Waals surface area contributed by atoms with Crippen LogP contribution < -0.4 is 10.1 Å². The van der Waals surface area contributed by atoms with Crippen molar-refractivity contribution >= 4 is 5.91 Å². The van der Waals surface area contributed by atoms with E-state index in [4.69, 9.17) is 4.74 Å². The number of carbonyl (C=O) groups excluding carboxylic acids is 1. The van der Waals surface area contributed by atoms with Crippen LogP contribution in [-0.4, -0.2) is 30.0 Å². The van der Waals surface area contributed by atoms with Gasteiger partial charge in [0.1, 0.15) is 11.9 Å². The van der Waals surface area contributed by atoms with Crippen molar-refractivity contribution in [1.29, 1.82) is 0 Å². The van der Waals surface area contributed by atoms with E-state index >= 15 is 0 Å². The molecule has 2 aromatic carbocycles. The Balaban J connectivity index is 1.47. The topological polar surface area (TPSA) is 41.6 Å². The minimum absolute atomic E-state index is 0.0656. The summed E-state index contributed by atoms with van der Waals surface area (Å²) < 4.78 is 5.97. The Bertz CT molecular complexity index is 827. The maximum Gasteiger partial charge on any atom is 0.255 e. The number of rotatable bonds is 5. The molecule has 2 heterocycles. The minimum Gasteiger partial charge on any atom is -0.489 e. The summed E-state index contributed by atoms with van der Waals surface area (Å²) in [6, 6.07) is 14.3. The third-order valence-corrected chi connectivity index (χ3v) is 5.94. The van der Waals surface area contributed by atoms with Crippen LogP contribution in [0.5, 0.6) is 5.75 Å². The second-order valence-corrected chi connectivity index (χ2v) is 7.77. The lowest BCUT2D eigenvalue weighted by Crippen LogP contribution is -2.25. The van der Waals surface area contributed by atoms with Crippen molar-refractivity contribution in [2.24, 2.45) is 0 Å². The van der Waals surface area contributed by atoms with Gasteiger partial charge >= 0.3 is 0 Å². The lowest BCUT2D eigenvalue weighted by Gasteiger charge is -2.18. The molecular weight excluding hydrogens is 336 g/mol. The quantitative estimate of drug-likeness (QED) is 0.869. The zero-order valence-corrected chi connectivity index (χ0v) is 16.2. The van der Waals surface area contributed by atoms with Gasteiger partial charge in [0, 0.05) is 24.6 Å². The largest absolute Gasteiger partial charge is 0.489 e. The number of benzene rings is 2. The molecule has 27 heavy (non-hydrogen) atoms. The number of likely N-dealkylation sites (tertiary alicyclic amines) is 1. The molecule has 1 saturated heterocycles. The third-order valence-electron chi connectivity index (χ3n) is 5.94. The van der Waals surface area contributed by atoms with Crippen LogP contribution in [0.2, 0.25) is 0 Å². The molecule has 142 valence electrons. The van der Waals surface area contributed by atoms with Crippen molar-refractivity contribution in [3.63, 3.8) is 0 Å². The van der Waals surface area contributed by atoms with Crippen LogP contribution in [0.4, 0.5) is 0 Å². The summed E-state index contributed by atoms with van der Waals surface area (Å²) in [7, 11) is 0. The predicted molar refractivity (Wildman–Crippen MR) is 107 cm³/mol. The fraction of sp³-hybridized carbons (Fsp3) is 0.435. The minimum atomic E-state index is -0.0656. The van der Waals surface area contributed by atoms with E-state index < -0.39 is 0 Å². The molecule has 0 spiro atoms. The highest BCUT2D eigenvalue weighted by atomic mass is 16.5. The van der Waals surface area contributed by atoms with Gasteiger partial charge in [0.05, 0.1) is 5.56 Å². The Hall–Kier alpha value is -2.33. The van der Waals surface area contributed by atoms with Crippen LogP contribution in [0.25, 0.3) is 0 Å². The number of amides is 1. The summed E-state index contributed by atoms with van der Waals surface area (Å²) in [5, 5.41) is 3.10. The van der Waals surface area contributed by atoms with Gasteiger partial charge in [0.15, 0.2) is 0 Å². The third kappa shape index (κ3) is 3.72. The van der Waals surface area contributed by atoms with Crippen LogP contribution in [0.3, 0.4) is 0 Å². The Kier molecular flexibility index (Phi) is 5.17. The molecule has 1 fully saturated rings. The van der Waals surface area contributed by atoms with Crippen molar-refractivity contribution in [1.82, 2.24) is 10.2 Å². The standard InChI is InChI=1S/C23H28N2O2/c1-16-17(2)27-22-20(16)10-7-11-21(22)23(26)24-14-18-8-3-4-9-19(18)15-25-12-5-6-13-25/h3-4,7-11,16-17H,5-6,12-15H2,1-2H3,(H,24,26). The van der Waals surface area contributed by atoms with E-state index in [1.807, 2.05) is 18.2 Å². The zero-order valence-electron chi connectivity index (χ0n) is 16.2. The van der Waals surface area contributed by atoms with Gasteiger partial charge < -0.3 is 10.1 Å². The average Bonchev–Trinajstić information content (AvgIpc) is 3.29. The summed E-state index contributed by atoms with van der Waals surface area (Å²) >= 11 is 0. The van der Waals surface area contributed by atoms with Crippen LogP contribution in [0, 0.1) is 0 Å². The van der Waals surface area contributed by atoms with Gasteiger partial charge in [-0.1, -0.05) is 43.3 Å². The number of nitrogens with one attached hydrogen (secondary N) is 1. The van der Waals surface area contributed by atoms with Crippen LogP contribution >= 0.6 is 0 Å². The van der Waals surface area contributed by atoms with Crippen LogP contribution in [0.1, 0.15) is 59.7 Å². The van der Waals surface area contributed by atoms with Crippen molar-refractivity contribution < 1.29 is 9.53 Å². The van der Waals surface area contributed by atoms with E-state index in [0.717, 1.165) is 17.9 Å². The maximum absolute atomic E-state index is 12.8. The number of nitrogens with zero attached hydrogens (tertiary/aromatic N) is 1. The van der Waals surface area contributed by atoms with Crippen molar-refractivity contribution in [3.05, 3.63) is 64.7 Å². The first kappa shape index (κ1) is 18.1. The molecule has 0 saturated carbocycles. The molecular formula is C23H28N2O2. The molecule has 0 radical (unpaired) electrons. The molecule has 0 bridgehead atoms. The number of para-hydroxylation sites is 1. The SMILES string of the molecule is CC1Oc2c(C(=O)NCc3ccccc3CN3CCCC3)cccc2C1C.